The third-order valence-electron chi connectivity index (χ3n) is 11.0. The van der Waals surface area contributed by atoms with Gasteiger partial charge < -0.3 is 29.1 Å². The van der Waals surface area contributed by atoms with Crippen molar-refractivity contribution in [2.24, 2.45) is 11.8 Å². The zero-order valence-electron chi connectivity index (χ0n) is 37.5. The van der Waals surface area contributed by atoms with Gasteiger partial charge in [0, 0.05) is 24.7 Å². The molecule has 1 aliphatic rings. The number of aliphatic hydroxyl groups is 2. The fourth-order valence-electron chi connectivity index (χ4n) is 7.26. The first-order chi connectivity index (χ1) is 27.8. The molecule has 0 spiro atoms. The van der Waals surface area contributed by atoms with Gasteiger partial charge >= 0.3 is 13.8 Å². The highest BCUT2D eigenvalue weighted by molar-refractivity contribution is 7.47. The van der Waals surface area contributed by atoms with Gasteiger partial charge in [0.25, 0.3) is 0 Å². The molecule has 3 N–H and O–H groups in total. The van der Waals surface area contributed by atoms with E-state index in [9.17, 15) is 29.3 Å². The van der Waals surface area contributed by atoms with Crippen molar-refractivity contribution in [3.05, 3.63) is 24.5 Å². The van der Waals surface area contributed by atoms with E-state index in [-0.39, 0.29) is 56.3 Å². The van der Waals surface area contributed by atoms with Crippen LogP contribution in [0.15, 0.2) is 24.5 Å². The van der Waals surface area contributed by atoms with Crippen LogP contribution in [0.3, 0.4) is 0 Å². The zero-order valence-corrected chi connectivity index (χ0v) is 38.4. The van der Waals surface area contributed by atoms with Crippen LogP contribution in [0.4, 0.5) is 0 Å². The molecule has 11 nitrogen and oxygen atoms in total. The molecule has 0 heterocycles. The Kier molecular flexibility index (Phi) is 32.0. The van der Waals surface area contributed by atoms with Gasteiger partial charge in [-0.25, -0.2) is 4.57 Å². The summed E-state index contributed by atoms with van der Waals surface area (Å²) in [5.74, 6) is -0.827. The minimum atomic E-state index is -4.32. The zero-order chi connectivity index (χ0) is 42.9. The highest BCUT2D eigenvalue weighted by atomic mass is 31.2. The predicted molar refractivity (Wildman–Crippen MR) is 234 cm³/mol. The van der Waals surface area contributed by atoms with E-state index >= 15 is 0 Å². The van der Waals surface area contributed by atoms with Gasteiger partial charge in [0.1, 0.15) is 25.5 Å². The third-order valence-corrected chi connectivity index (χ3v) is 12.0. The number of carbonyl (C=O) groups is 2. The van der Waals surface area contributed by atoms with Gasteiger partial charge in [-0.05, 0) is 38.2 Å². The van der Waals surface area contributed by atoms with Gasteiger partial charge in [-0.2, -0.15) is 0 Å². The lowest BCUT2D eigenvalue weighted by molar-refractivity contribution is -0.870. The van der Waals surface area contributed by atoms with Gasteiger partial charge in [-0.3, -0.25) is 18.6 Å². The number of hydrogen-bond acceptors (Lipinski definition) is 9. The van der Waals surface area contributed by atoms with Gasteiger partial charge in [0.15, 0.2) is 6.10 Å². The number of nitrogens with zero attached hydrogens (tertiary/aromatic N) is 1. The van der Waals surface area contributed by atoms with Crippen LogP contribution in [0, 0.1) is 11.8 Å². The van der Waals surface area contributed by atoms with Crippen molar-refractivity contribution in [1.82, 2.24) is 0 Å². The summed E-state index contributed by atoms with van der Waals surface area (Å²) < 4.78 is 34.8. The Balaban J connectivity index is 2.41. The number of carbonyl (C=O) groups excluding carboxylic acids is 2. The third kappa shape index (κ3) is 30.4. The summed E-state index contributed by atoms with van der Waals surface area (Å²) in [6.07, 6.45) is 32.1. The van der Waals surface area contributed by atoms with Gasteiger partial charge in [0.2, 0.25) is 0 Å². The number of ketones is 1. The number of aliphatic hydroxyl groups excluding tert-OH is 2. The summed E-state index contributed by atoms with van der Waals surface area (Å²) in [7, 11) is 1.55. The van der Waals surface area contributed by atoms with Crippen molar-refractivity contribution in [3.63, 3.8) is 0 Å². The standard InChI is InChI=1S/C46H86NO10P/c1-6-8-10-11-12-13-14-15-16-17-18-19-20-21-24-28-35-54-41(39-57-58(52,53)56-36-34-47(3,4)5)38-55-46(51)31-27-23-22-26-30-42-43(45(50)37-44(42)49)33-32-40(48)29-25-9-7-2/h28,32-33,35,40-43,45,48,50H,6-27,29-31,34,36-39H2,1-5H3/p+1/b33-32+,35-28-/t40-,41+,42+,43+,45+/m0/s1. The molecule has 0 aliphatic heterocycles. The summed E-state index contributed by atoms with van der Waals surface area (Å²) in [5.41, 5.74) is 0. The molecular formula is C46H87NO10P+. The normalized spacial score (nSPS) is 19.6. The molecule has 1 aliphatic carbocycles. The molecule has 58 heavy (non-hydrogen) atoms. The number of phosphoric acid groups is 1. The molecule has 0 amide bonds. The number of esters is 1. The SMILES string of the molecule is CCCCCCCCCCCCCCCC/C=C\O[C@H](COC(=O)CCCCCC[C@H]1C(=O)C[C@@H](O)[C@@H]1/C=C/[C@@H](O)CCCCC)COP(=O)(O)OCC[N+](C)(C)C. The number of phosphoric ester groups is 1. The molecule has 0 saturated heterocycles. The topological polar surface area (TPSA) is 149 Å². The molecule has 0 aromatic heterocycles. The molecule has 1 unspecified atom stereocenters. The second-order valence-corrected chi connectivity index (χ2v) is 19.1. The highest BCUT2D eigenvalue weighted by Crippen LogP contribution is 2.43. The van der Waals surface area contributed by atoms with Gasteiger partial charge in [-0.1, -0.05) is 148 Å². The van der Waals surface area contributed by atoms with Crippen molar-refractivity contribution >= 4 is 19.6 Å². The number of likely N-dealkylation sites (N-methyl/N-ethyl adjacent to an activating group) is 1. The van der Waals surface area contributed by atoms with Crippen LogP contribution >= 0.6 is 7.82 Å². The molecule has 1 fully saturated rings. The molecule has 0 bridgehead atoms. The van der Waals surface area contributed by atoms with E-state index in [2.05, 4.69) is 13.8 Å². The molecule has 6 atom stereocenters. The summed E-state index contributed by atoms with van der Waals surface area (Å²) in [6, 6.07) is 0. The van der Waals surface area contributed by atoms with E-state index in [1.807, 2.05) is 33.3 Å². The first-order valence-electron chi connectivity index (χ1n) is 23.2. The number of hydrogen-bond donors (Lipinski definition) is 3. The maximum absolute atomic E-state index is 12.6. The van der Waals surface area contributed by atoms with E-state index in [1.165, 1.54) is 77.0 Å². The second kappa shape index (κ2) is 34.0. The van der Waals surface area contributed by atoms with Crippen LogP contribution in [0.2, 0.25) is 0 Å². The molecule has 0 radical (unpaired) electrons. The van der Waals surface area contributed by atoms with E-state index in [0.717, 1.165) is 57.8 Å². The number of rotatable bonds is 39. The number of unbranched alkanes of at least 4 members (excludes halogenated alkanes) is 19. The maximum atomic E-state index is 12.6. The Hall–Kier alpha value is -1.59. The summed E-state index contributed by atoms with van der Waals surface area (Å²) in [5, 5.41) is 20.7. The lowest BCUT2D eigenvalue weighted by Crippen LogP contribution is -2.37. The Morgan fingerprint density at radius 1 is 0.810 bits per heavy atom. The largest absolute Gasteiger partial charge is 0.492 e. The van der Waals surface area contributed by atoms with Crippen molar-refractivity contribution in [1.29, 1.82) is 0 Å². The van der Waals surface area contributed by atoms with Crippen LogP contribution in [-0.2, 0) is 32.7 Å². The molecule has 12 heteroatoms. The van der Waals surface area contributed by atoms with E-state index in [0.29, 0.717) is 30.3 Å². The highest BCUT2D eigenvalue weighted by Gasteiger charge is 2.39. The van der Waals surface area contributed by atoms with Crippen molar-refractivity contribution in [2.45, 2.75) is 199 Å². The number of quaternary nitrogens is 1. The fourth-order valence-corrected chi connectivity index (χ4v) is 8.00. The summed E-state index contributed by atoms with van der Waals surface area (Å²) in [4.78, 5) is 35.4. The first kappa shape index (κ1) is 54.4. The van der Waals surface area contributed by atoms with Gasteiger partial charge in [0.05, 0.1) is 46.2 Å². The predicted octanol–water partition coefficient (Wildman–Crippen LogP) is 10.5. The molecule has 1 saturated carbocycles. The summed E-state index contributed by atoms with van der Waals surface area (Å²) in [6.45, 7) is 4.55. The van der Waals surface area contributed by atoms with Crippen molar-refractivity contribution < 1.29 is 52.3 Å². The minimum Gasteiger partial charge on any atom is -0.492 e. The van der Waals surface area contributed by atoms with Crippen molar-refractivity contribution in [3.8, 4) is 0 Å². The lowest BCUT2D eigenvalue weighted by Gasteiger charge is -2.24. The van der Waals surface area contributed by atoms with E-state index in [4.69, 9.17) is 18.5 Å². The molecule has 0 aromatic rings. The number of Topliss-reactive ketones (excluding diaryl/α,β-unsaturated/α-hetero) is 1. The molecule has 340 valence electrons. The smallest absolute Gasteiger partial charge is 0.472 e. The van der Waals surface area contributed by atoms with Crippen molar-refractivity contribution in [2.75, 3.05) is 47.5 Å². The maximum Gasteiger partial charge on any atom is 0.472 e. The fraction of sp³-hybridized carbons (Fsp3) is 0.870. The van der Waals surface area contributed by atoms with Crippen LogP contribution in [0.25, 0.3) is 0 Å². The Bertz CT molecular complexity index is 1140. The average molecular weight is 845 g/mol. The van der Waals surface area contributed by atoms with E-state index in [1.54, 1.807) is 12.3 Å². The Labute approximate surface area is 353 Å². The lowest BCUT2D eigenvalue weighted by atomic mass is 9.88. The van der Waals surface area contributed by atoms with Gasteiger partial charge in [-0.15, -0.1) is 0 Å². The number of ether oxygens (including phenoxy) is 2. The Morgan fingerprint density at radius 3 is 2.00 bits per heavy atom. The molecule has 1 rings (SSSR count). The molecule has 0 aromatic carbocycles. The van der Waals surface area contributed by atoms with Crippen LogP contribution in [-0.4, -0.2) is 97.2 Å². The molecular weight excluding hydrogens is 757 g/mol. The Morgan fingerprint density at radius 2 is 1.38 bits per heavy atom. The van der Waals surface area contributed by atoms with Crippen LogP contribution in [0.5, 0.6) is 0 Å². The number of allylic oxidation sites excluding steroid dienone is 1. The average Bonchev–Trinajstić information content (AvgIpc) is 3.44. The minimum absolute atomic E-state index is 0.0523. The van der Waals surface area contributed by atoms with E-state index < -0.39 is 26.1 Å². The van der Waals surface area contributed by atoms with Crippen LogP contribution < -0.4 is 0 Å². The van der Waals surface area contributed by atoms with Crippen LogP contribution in [0.1, 0.15) is 181 Å². The first-order valence-corrected chi connectivity index (χ1v) is 24.7. The monoisotopic (exact) mass is 845 g/mol. The quantitative estimate of drug-likeness (QED) is 0.0136. The summed E-state index contributed by atoms with van der Waals surface area (Å²) >= 11 is 0. The second-order valence-electron chi connectivity index (χ2n) is 17.6.